The standard InChI is InChI=1S/C12H13ClINO2/c1-8-7-15(5-6-17-8)12(16)11-9(13)3-2-4-10(11)14/h2-4,8H,5-7H2,1H3/t8-/m0/s1. The van der Waals surface area contributed by atoms with Crippen molar-refractivity contribution in [2.75, 3.05) is 19.7 Å². The first-order chi connectivity index (χ1) is 8.09. The molecule has 1 aromatic rings. The summed E-state index contributed by atoms with van der Waals surface area (Å²) in [5, 5.41) is 0.515. The van der Waals surface area contributed by atoms with Crippen molar-refractivity contribution >= 4 is 40.1 Å². The molecule has 1 aromatic carbocycles. The summed E-state index contributed by atoms with van der Waals surface area (Å²) < 4.78 is 6.31. The fraction of sp³-hybridized carbons (Fsp3) is 0.417. The molecule has 0 N–H and O–H groups in total. The van der Waals surface area contributed by atoms with Crippen molar-refractivity contribution < 1.29 is 9.53 Å². The minimum Gasteiger partial charge on any atom is -0.375 e. The van der Waals surface area contributed by atoms with Crippen LogP contribution in [0, 0.1) is 3.57 Å². The Kier molecular flexibility index (Phi) is 4.27. The Bertz CT molecular complexity index is 418. The number of ether oxygens (including phenoxy) is 1. The maximum absolute atomic E-state index is 12.4. The monoisotopic (exact) mass is 365 g/mol. The molecular formula is C12H13ClINO2. The summed E-state index contributed by atoms with van der Waals surface area (Å²) in [6.07, 6.45) is 0.0906. The second kappa shape index (κ2) is 5.54. The van der Waals surface area contributed by atoms with E-state index in [2.05, 4.69) is 22.6 Å². The Balaban J connectivity index is 2.24. The fourth-order valence-corrected chi connectivity index (χ4v) is 3.01. The van der Waals surface area contributed by atoms with Gasteiger partial charge in [0.15, 0.2) is 0 Å². The molecule has 0 aliphatic carbocycles. The number of rotatable bonds is 1. The van der Waals surface area contributed by atoms with E-state index in [4.69, 9.17) is 16.3 Å². The van der Waals surface area contributed by atoms with Crippen molar-refractivity contribution in [2.24, 2.45) is 0 Å². The zero-order valence-electron chi connectivity index (χ0n) is 9.45. The Morgan fingerprint density at radius 2 is 2.35 bits per heavy atom. The molecule has 0 spiro atoms. The summed E-state index contributed by atoms with van der Waals surface area (Å²) in [5.74, 6) is -0.00449. The average molecular weight is 366 g/mol. The summed E-state index contributed by atoms with van der Waals surface area (Å²) in [6.45, 7) is 3.82. The largest absolute Gasteiger partial charge is 0.375 e. The summed E-state index contributed by atoms with van der Waals surface area (Å²) in [7, 11) is 0. The van der Waals surface area contributed by atoms with E-state index in [0.29, 0.717) is 30.3 Å². The molecule has 1 saturated heterocycles. The van der Waals surface area contributed by atoms with Crippen molar-refractivity contribution in [2.45, 2.75) is 13.0 Å². The molecular weight excluding hydrogens is 352 g/mol. The van der Waals surface area contributed by atoms with Gasteiger partial charge in [0, 0.05) is 16.7 Å². The molecule has 3 nitrogen and oxygen atoms in total. The molecule has 17 heavy (non-hydrogen) atoms. The molecule has 5 heteroatoms. The van der Waals surface area contributed by atoms with Crippen LogP contribution in [-0.2, 0) is 4.74 Å². The van der Waals surface area contributed by atoms with Gasteiger partial charge in [-0.25, -0.2) is 0 Å². The third-order valence-electron chi connectivity index (χ3n) is 2.70. The van der Waals surface area contributed by atoms with Crippen molar-refractivity contribution in [1.29, 1.82) is 0 Å². The highest BCUT2D eigenvalue weighted by Crippen LogP contribution is 2.24. The first kappa shape index (κ1) is 13.1. The summed E-state index contributed by atoms with van der Waals surface area (Å²) in [5.41, 5.74) is 0.601. The molecule has 0 aromatic heterocycles. The zero-order valence-corrected chi connectivity index (χ0v) is 12.4. The highest BCUT2D eigenvalue weighted by Gasteiger charge is 2.25. The molecule has 0 radical (unpaired) electrons. The molecule has 1 atom stereocenters. The van der Waals surface area contributed by atoms with Gasteiger partial charge in [-0.1, -0.05) is 17.7 Å². The number of hydrogen-bond donors (Lipinski definition) is 0. The third kappa shape index (κ3) is 2.92. The predicted octanol–water partition coefficient (Wildman–Crippen LogP) is 2.81. The molecule has 1 aliphatic rings. The minimum atomic E-state index is -0.00449. The molecule has 0 bridgehead atoms. The van der Waals surface area contributed by atoms with Crippen molar-refractivity contribution in [3.8, 4) is 0 Å². The zero-order chi connectivity index (χ0) is 12.4. The molecule has 0 unspecified atom stereocenters. The van der Waals surface area contributed by atoms with Crippen molar-refractivity contribution in [3.63, 3.8) is 0 Å². The van der Waals surface area contributed by atoms with Crippen LogP contribution in [0.1, 0.15) is 17.3 Å². The minimum absolute atomic E-state index is 0.00449. The summed E-state index contributed by atoms with van der Waals surface area (Å²) in [6, 6.07) is 5.49. The topological polar surface area (TPSA) is 29.5 Å². The van der Waals surface area contributed by atoms with Gasteiger partial charge in [0.05, 0.1) is 23.3 Å². The Hall–Kier alpha value is -0.330. The molecule has 92 valence electrons. The number of carbonyl (C=O) groups is 1. The lowest BCUT2D eigenvalue weighted by atomic mass is 10.2. The highest BCUT2D eigenvalue weighted by atomic mass is 127. The molecule has 0 saturated carbocycles. The van der Waals surface area contributed by atoms with Gasteiger partial charge in [0.25, 0.3) is 5.91 Å². The van der Waals surface area contributed by atoms with Crippen LogP contribution in [0.4, 0.5) is 0 Å². The lowest BCUT2D eigenvalue weighted by Crippen LogP contribution is -2.44. The van der Waals surface area contributed by atoms with Crippen LogP contribution >= 0.6 is 34.2 Å². The van der Waals surface area contributed by atoms with E-state index in [0.717, 1.165) is 3.57 Å². The lowest BCUT2D eigenvalue weighted by molar-refractivity contribution is -0.0124. The SMILES string of the molecule is C[C@H]1CN(C(=O)c2c(Cl)cccc2I)CCO1. The van der Waals surface area contributed by atoms with E-state index in [1.807, 2.05) is 19.1 Å². The van der Waals surface area contributed by atoms with Gasteiger partial charge in [-0.3, -0.25) is 4.79 Å². The third-order valence-corrected chi connectivity index (χ3v) is 3.92. The maximum atomic E-state index is 12.4. The summed E-state index contributed by atoms with van der Waals surface area (Å²) >= 11 is 8.24. The maximum Gasteiger partial charge on any atom is 0.256 e. The van der Waals surface area contributed by atoms with Gasteiger partial charge in [0.1, 0.15) is 0 Å². The smallest absolute Gasteiger partial charge is 0.256 e. The van der Waals surface area contributed by atoms with Gasteiger partial charge in [-0.05, 0) is 41.6 Å². The number of carbonyl (C=O) groups excluding carboxylic acids is 1. The Labute approximate surface area is 119 Å². The lowest BCUT2D eigenvalue weighted by Gasteiger charge is -2.31. The quantitative estimate of drug-likeness (QED) is 0.716. The number of halogens is 2. The van der Waals surface area contributed by atoms with Crippen LogP contribution in [0.25, 0.3) is 0 Å². The molecule has 1 aliphatic heterocycles. The Morgan fingerprint density at radius 1 is 1.59 bits per heavy atom. The summed E-state index contributed by atoms with van der Waals surface area (Å²) in [4.78, 5) is 14.2. The van der Waals surface area contributed by atoms with Crippen molar-refractivity contribution in [3.05, 3.63) is 32.4 Å². The van der Waals surface area contributed by atoms with Gasteiger partial charge >= 0.3 is 0 Å². The number of amides is 1. The van der Waals surface area contributed by atoms with E-state index < -0.39 is 0 Å². The Morgan fingerprint density at radius 3 is 3.00 bits per heavy atom. The van der Waals surface area contributed by atoms with Crippen LogP contribution in [0.3, 0.4) is 0 Å². The van der Waals surface area contributed by atoms with Gasteiger partial charge in [-0.15, -0.1) is 0 Å². The number of benzene rings is 1. The van der Waals surface area contributed by atoms with Crippen LogP contribution in [-0.4, -0.2) is 36.6 Å². The predicted molar refractivity (Wildman–Crippen MR) is 75.5 cm³/mol. The van der Waals surface area contributed by atoms with Crippen LogP contribution in [0.2, 0.25) is 5.02 Å². The van der Waals surface area contributed by atoms with Crippen LogP contribution in [0.15, 0.2) is 18.2 Å². The number of morpholine rings is 1. The number of nitrogens with zero attached hydrogens (tertiary/aromatic N) is 1. The number of hydrogen-bond acceptors (Lipinski definition) is 2. The van der Waals surface area contributed by atoms with E-state index in [1.165, 1.54) is 0 Å². The molecule has 1 heterocycles. The average Bonchev–Trinajstić information content (AvgIpc) is 2.28. The van der Waals surface area contributed by atoms with Gasteiger partial charge < -0.3 is 9.64 Å². The molecule has 1 amide bonds. The van der Waals surface area contributed by atoms with Crippen LogP contribution in [0.5, 0.6) is 0 Å². The fourth-order valence-electron chi connectivity index (χ4n) is 1.86. The highest BCUT2D eigenvalue weighted by molar-refractivity contribution is 14.1. The van der Waals surface area contributed by atoms with E-state index in [-0.39, 0.29) is 12.0 Å². The van der Waals surface area contributed by atoms with E-state index in [9.17, 15) is 4.79 Å². The van der Waals surface area contributed by atoms with Gasteiger partial charge in [-0.2, -0.15) is 0 Å². The van der Waals surface area contributed by atoms with E-state index in [1.54, 1.807) is 11.0 Å². The van der Waals surface area contributed by atoms with E-state index >= 15 is 0 Å². The first-order valence-corrected chi connectivity index (χ1v) is 6.90. The van der Waals surface area contributed by atoms with Gasteiger partial charge in [0.2, 0.25) is 0 Å². The second-order valence-electron chi connectivity index (χ2n) is 4.03. The molecule has 1 fully saturated rings. The first-order valence-electron chi connectivity index (χ1n) is 5.44. The second-order valence-corrected chi connectivity index (χ2v) is 5.60. The van der Waals surface area contributed by atoms with Crippen LogP contribution < -0.4 is 0 Å². The van der Waals surface area contributed by atoms with Crippen molar-refractivity contribution in [1.82, 2.24) is 4.90 Å². The molecule has 2 rings (SSSR count). The normalized spacial score (nSPS) is 20.4.